The van der Waals surface area contributed by atoms with E-state index in [1.54, 1.807) is 61.3 Å². The van der Waals surface area contributed by atoms with Gasteiger partial charge in [-0.15, -0.1) is 0 Å². The van der Waals surface area contributed by atoms with Crippen LogP contribution in [0.5, 0.6) is 0 Å². The second-order valence-electron chi connectivity index (χ2n) is 5.95. The highest BCUT2D eigenvalue weighted by Crippen LogP contribution is 2.25. The topological polar surface area (TPSA) is 85.2 Å². The minimum absolute atomic E-state index is 0.0161. The first-order valence-corrected chi connectivity index (χ1v) is 8.82. The molecule has 0 heterocycles. The van der Waals surface area contributed by atoms with Gasteiger partial charge in [0.2, 0.25) is 11.8 Å². The Labute approximate surface area is 167 Å². The zero-order chi connectivity index (χ0) is 20.0. The summed E-state index contributed by atoms with van der Waals surface area (Å²) in [5.74, 6) is -0.543. The summed E-state index contributed by atoms with van der Waals surface area (Å²) in [6.07, 6.45) is 0. The van der Waals surface area contributed by atoms with Crippen LogP contribution in [0, 0.1) is 11.3 Å². The SMILES string of the molecule is C[C@@H](C(=O)Nc1ccc(C#N)cc1)N(C)CC(=O)Nc1ccc(Cl)c(Cl)c1. The Balaban J connectivity index is 1.90. The van der Waals surface area contributed by atoms with E-state index < -0.39 is 6.04 Å². The van der Waals surface area contributed by atoms with Crippen molar-refractivity contribution < 1.29 is 9.59 Å². The Morgan fingerprint density at radius 1 is 1.07 bits per heavy atom. The van der Waals surface area contributed by atoms with Crippen LogP contribution in [0.25, 0.3) is 0 Å². The largest absolute Gasteiger partial charge is 0.325 e. The number of hydrogen-bond donors (Lipinski definition) is 2. The molecule has 0 aromatic heterocycles. The third kappa shape index (κ3) is 5.97. The van der Waals surface area contributed by atoms with E-state index in [1.165, 1.54) is 0 Å². The monoisotopic (exact) mass is 404 g/mol. The van der Waals surface area contributed by atoms with Crippen LogP contribution >= 0.6 is 23.2 Å². The van der Waals surface area contributed by atoms with E-state index in [4.69, 9.17) is 28.5 Å². The van der Waals surface area contributed by atoms with Crippen molar-refractivity contribution in [1.29, 1.82) is 5.26 Å². The molecule has 0 aliphatic heterocycles. The first kappa shape index (κ1) is 20.7. The van der Waals surface area contributed by atoms with E-state index in [2.05, 4.69) is 10.6 Å². The highest BCUT2D eigenvalue weighted by atomic mass is 35.5. The van der Waals surface area contributed by atoms with Crippen LogP contribution in [0.2, 0.25) is 10.0 Å². The summed E-state index contributed by atoms with van der Waals surface area (Å²) in [4.78, 5) is 26.1. The molecule has 0 bridgehead atoms. The zero-order valence-electron chi connectivity index (χ0n) is 14.8. The number of carbonyl (C=O) groups excluding carboxylic acids is 2. The maximum atomic E-state index is 12.3. The van der Waals surface area contributed by atoms with Crippen molar-refractivity contribution in [2.45, 2.75) is 13.0 Å². The van der Waals surface area contributed by atoms with Crippen LogP contribution in [-0.4, -0.2) is 36.3 Å². The number of hydrogen-bond acceptors (Lipinski definition) is 4. The van der Waals surface area contributed by atoms with Gasteiger partial charge in [0.15, 0.2) is 0 Å². The molecule has 0 fully saturated rings. The smallest absolute Gasteiger partial charge is 0.241 e. The van der Waals surface area contributed by atoms with Gasteiger partial charge >= 0.3 is 0 Å². The highest BCUT2D eigenvalue weighted by Gasteiger charge is 2.20. The number of benzene rings is 2. The van der Waals surface area contributed by atoms with Crippen molar-refractivity contribution in [2.24, 2.45) is 0 Å². The number of carbonyl (C=O) groups is 2. The summed E-state index contributed by atoms with van der Waals surface area (Å²) in [6, 6.07) is 12.8. The standard InChI is InChI=1S/C19H18Cl2N4O2/c1-12(19(27)24-14-5-3-13(10-22)4-6-14)25(2)11-18(26)23-15-7-8-16(20)17(21)9-15/h3-9,12H,11H2,1-2H3,(H,23,26)(H,24,27)/t12-/m0/s1. The molecule has 140 valence electrons. The van der Waals surface area contributed by atoms with Gasteiger partial charge in [0.05, 0.1) is 34.3 Å². The predicted molar refractivity (Wildman–Crippen MR) is 107 cm³/mol. The zero-order valence-corrected chi connectivity index (χ0v) is 16.3. The number of likely N-dealkylation sites (N-methyl/N-ethyl adjacent to an activating group) is 1. The van der Waals surface area contributed by atoms with Gasteiger partial charge in [-0.1, -0.05) is 23.2 Å². The van der Waals surface area contributed by atoms with Gasteiger partial charge in [0.25, 0.3) is 0 Å². The molecule has 2 N–H and O–H groups in total. The lowest BCUT2D eigenvalue weighted by molar-refractivity contribution is -0.122. The van der Waals surface area contributed by atoms with Crippen molar-refractivity contribution >= 4 is 46.4 Å². The second-order valence-corrected chi connectivity index (χ2v) is 6.76. The minimum Gasteiger partial charge on any atom is -0.325 e. The van der Waals surface area contributed by atoms with Gasteiger partial charge in [-0.3, -0.25) is 14.5 Å². The predicted octanol–water partition coefficient (Wildman–Crippen LogP) is 3.76. The summed E-state index contributed by atoms with van der Waals surface area (Å²) in [7, 11) is 1.68. The summed E-state index contributed by atoms with van der Waals surface area (Å²) in [5.41, 5.74) is 1.62. The number of nitrogens with zero attached hydrogens (tertiary/aromatic N) is 2. The van der Waals surface area contributed by atoms with E-state index >= 15 is 0 Å². The number of nitrogens with one attached hydrogen (secondary N) is 2. The summed E-state index contributed by atoms with van der Waals surface area (Å²) < 4.78 is 0. The maximum Gasteiger partial charge on any atom is 0.241 e. The normalized spacial score (nSPS) is 11.6. The third-order valence-corrected chi connectivity index (χ3v) is 4.66. The van der Waals surface area contributed by atoms with Crippen LogP contribution < -0.4 is 10.6 Å². The van der Waals surface area contributed by atoms with Crippen molar-refractivity contribution in [3.63, 3.8) is 0 Å². The first-order chi connectivity index (χ1) is 12.8. The Kier molecular flexibility index (Phi) is 7.19. The molecule has 27 heavy (non-hydrogen) atoms. The third-order valence-electron chi connectivity index (χ3n) is 3.92. The van der Waals surface area contributed by atoms with Crippen molar-refractivity contribution in [1.82, 2.24) is 4.90 Å². The Morgan fingerprint density at radius 2 is 1.70 bits per heavy atom. The number of anilines is 2. The van der Waals surface area contributed by atoms with Crippen molar-refractivity contribution in [2.75, 3.05) is 24.2 Å². The van der Waals surface area contributed by atoms with Gasteiger partial charge < -0.3 is 10.6 Å². The van der Waals surface area contributed by atoms with Gasteiger partial charge in [0, 0.05) is 11.4 Å². The fourth-order valence-corrected chi connectivity index (χ4v) is 2.51. The summed E-state index contributed by atoms with van der Waals surface area (Å²) in [6.45, 7) is 1.72. The number of amides is 2. The van der Waals surface area contributed by atoms with Crippen LogP contribution in [0.4, 0.5) is 11.4 Å². The van der Waals surface area contributed by atoms with Crippen molar-refractivity contribution in [3.05, 3.63) is 58.1 Å². The quantitative estimate of drug-likeness (QED) is 0.767. The lowest BCUT2D eigenvalue weighted by atomic mass is 10.2. The fourth-order valence-electron chi connectivity index (χ4n) is 2.21. The lowest BCUT2D eigenvalue weighted by Crippen LogP contribution is -2.43. The molecule has 2 aromatic carbocycles. The molecule has 0 radical (unpaired) electrons. The molecular weight excluding hydrogens is 387 g/mol. The van der Waals surface area contributed by atoms with Crippen molar-refractivity contribution in [3.8, 4) is 6.07 Å². The molecule has 2 aromatic rings. The number of rotatable bonds is 6. The fraction of sp³-hybridized carbons (Fsp3) is 0.211. The molecular formula is C19H18Cl2N4O2. The molecule has 8 heteroatoms. The summed E-state index contributed by atoms with van der Waals surface area (Å²) in [5, 5.41) is 15.0. The van der Waals surface area contributed by atoms with Crippen LogP contribution in [0.15, 0.2) is 42.5 Å². The molecule has 2 rings (SSSR count). The average Bonchev–Trinajstić information content (AvgIpc) is 2.64. The second kappa shape index (κ2) is 9.38. The van der Waals surface area contributed by atoms with E-state index in [-0.39, 0.29) is 18.4 Å². The Morgan fingerprint density at radius 3 is 2.30 bits per heavy atom. The van der Waals surface area contributed by atoms with Gasteiger partial charge in [-0.25, -0.2) is 0 Å². The lowest BCUT2D eigenvalue weighted by Gasteiger charge is -2.23. The molecule has 0 unspecified atom stereocenters. The molecule has 0 spiro atoms. The molecule has 1 atom stereocenters. The first-order valence-electron chi connectivity index (χ1n) is 8.06. The Hall–Kier alpha value is -2.59. The average molecular weight is 405 g/mol. The van der Waals surface area contributed by atoms with Gasteiger partial charge in [-0.05, 0) is 56.4 Å². The maximum absolute atomic E-state index is 12.3. The van der Waals surface area contributed by atoms with Gasteiger partial charge in [-0.2, -0.15) is 5.26 Å². The number of halogens is 2. The van der Waals surface area contributed by atoms with E-state index in [0.29, 0.717) is 27.0 Å². The van der Waals surface area contributed by atoms with E-state index in [0.717, 1.165) is 0 Å². The van der Waals surface area contributed by atoms with E-state index in [9.17, 15) is 9.59 Å². The molecule has 0 saturated carbocycles. The van der Waals surface area contributed by atoms with E-state index in [1.807, 2.05) is 6.07 Å². The van der Waals surface area contributed by atoms with Gasteiger partial charge in [0.1, 0.15) is 0 Å². The van der Waals surface area contributed by atoms with Crippen LogP contribution in [0.1, 0.15) is 12.5 Å². The minimum atomic E-state index is -0.541. The summed E-state index contributed by atoms with van der Waals surface area (Å²) >= 11 is 11.8. The number of nitriles is 1. The molecule has 0 saturated heterocycles. The molecule has 0 aliphatic carbocycles. The highest BCUT2D eigenvalue weighted by molar-refractivity contribution is 6.42. The molecule has 2 amide bonds. The molecule has 6 nitrogen and oxygen atoms in total. The molecule has 0 aliphatic rings. The van der Waals surface area contributed by atoms with Crippen LogP contribution in [-0.2, 0) is 9.59 Å². The van der Waals surface area contributed by atoms with Crippen LogP contribution in [0.3, 0.4) is 0 Å². The Bertz CT molecular complexity index is 878.